The van der Waals surface area contributed by atoms with E-state index in [4.69, 9.17) is 5.73 Å². The fourth-order valence-corrected chi connectivity index (χ4v) is 3.79. The molecule has 30 heavy (non-hydrogen) atoms. The first-order valence-corrected chi connectivity index (χ1v) is 10.1. The van der Waals surface area contributed by atoms with Gasteiger partial charge in [-0.1, -0.05) is 12.1 Å². The number of hydrogen-bond acceptors (Lipinski definition) is 5. The molecule has 3 aromatic heterocycles. The van der Waals surface area contributed by atoms with Crippen molar-refractivity contribution in [1.29, 1.82) is 0 Å². The second-order valence-electron chi connectivity index (χ2n) is 7.55. The Hall–Kier alpha value is -3.74. The molecule has 0 bridgehead atoms. The van der Waals surface area contributed by atoms with Gasteiger partial charge in [-0.05, 0) is 48.6 Å². The Bertz CT molecular complexity index is 1210. The Labute approximate surface area is 174 Å². The van der Waals surface area contributed by atoms with Crippen molar-refractivity contribution in [2.75, 3.05) is 11.9 Å². The number of aromatic nitrogens is 4. The molecule has 7 heteroatoms. The van der Waals surface area contributed by atoms with Gasteiger partial charge in [-0.3, -0.25) is 14.2 Å². The third-order valence-electron chi connectivity index (χ3n) is 5.46. The molecule has 4 aromatic rings. The fraction of sp³-hybridized carbons (Fsp3) is 0.217. The number of fused-ring (bicyclic) bond motifs is 1. The van der Waals surface area contributed by atoms with Crippen LogP contribution in [0.15, 0.2) is 61.2 Å². The lowest BCUT2D eigenvalue weighted by Gasteiger charge is -2.10. The summed E-state index contributed by atoms with van der Waals surface area (Å²) in [6, 6.07) is 11.8. The number of nitrogens with one attached hydrogen (secondary N) is 1. The van der Waals surface area contributed by atoms with Crippen LogP contribution >= 0.6 is 0 Å². The van der Waals surface area contributed by atoms with E-state index in [0.29, 0.717) is 18.0 Å². The largest absolute Gasteiger partial charge is 0.367 e. The van der Waals surface area contributed by atoms with Crippen LogP contribution in [0.25, 0.3) is 16.9 Å². The quantitative estimate of drug-likeness (QED) is 0.497. The first-order valence-electron chi connectivity index (χ1n) is 10.1. The van der Waals surface area contributed by atoms with Crippen LogP contribution in [0.3, 0.4) is 0 Å². The third kappa shape index (κ3) is 3.50. The molecule has 1 amide bonds. The molecule has 0 radical (unpaired) electrons. The molecule has 1 aliphatic carbocycles. The summed E-state index contributed by atoms with van der Waals surface area (Å²) in [4.78, 5) is 25.2. The predicted octanol–water partition coefficient (Wildman–Crippen LogP) is 3.42. The van der Waals surface area contributed by atoms with E-state index >= 15 is 0 Å². The number of benzene rings is 1. The number of nitrogens with two attached hydrogens (primary N) is 1. The summed E-state index contributed by atoms with van der Waals surface area (Å²) >= 11 is 0. The summed E-state index contributed by atoms with van der Waals surface area (Å²) in [5.74, 6) is 0.790. The molecule has 5 rings (SSSR count). The van der Waals surface area contributed by atoms with Crippen molar-refractivity contribution < 1.29 is 4.79 Å². The molecule has 0 saturated heterocycles. The maximum absolute atomic E-state index is 11.8. The molecule has 1 aliphatic rings. The highest BCUT2D eigenvalue weighted by Crippen LogP contribution is 2.43. The minimum atomic E-state index is -0.370. The number of carbonyl (C=O) groups is 1. The van der Waals surface area contributed by atoms with Gasteiger partial charge in [-0.25, -0.2) is 9.97 Å². The van der Waals surface area contributed by atoms with Crippen LogP contribution in [-0.4, -0.2) is 31.8 Å². The zero-order valence-corrected chi connectivity index (χ0v) is 16.5. The highest BCUT2D eigenvalue weighted by atomic mass is 16.1. The molecule has 0 spiro atoms. The first kappa shape index (κ1) is 18.3. The van der Waals surface area contributed by atoms with Crippen molar-refractivity contribution in [2.45, 2.75) is 25.2 Å². The minimum absolute atomic E-state index is 0.370. The predicted molar refractivity (Wildman–Crippen MR) is 115 cm³/mol. The highest BCUT2D eigenvalue weighted by Gasteiger charge is 2.28. The highest BCUT2D eigenvalue weighted by molar-refractivity contribution is 5.95. The molecule has 3 N–H and O–H groups in total. The average Bonchev–Trinajstić information content (AvgIpc) is 3.53. The molecule has 0 atom stereocenters. The Balaban J connectivity index is 1.43. The van der Waals surface area contributed by atoms with Crippen LogP contribution < -0.4 is 11.1 Å². The second-order valence-corrected chi connectivity index (χ2v) is 7.55. The number of anilines is 1. The standard InChI is InChI=1S/C23H22N6O/c24-21(30)18-7-6-16(13-19(18)15-4-5-15)20-14-28-23-22(27-11-12-29(20)23)26-10-8-17-3-1-2-9-25-17/h1-3,6-7,9,11-15H,4-5,8,10H2,(H2,24,30)(H,26,27). The monoisotopic (exact) mass is 398 g/mol. The Morgan fingerprint density at radius 3 is 2.80 bits per heavy atom. The maximum Gasteiger partial charge on any atom is 0.248 e. The van der Waals surface area contributed by atoms with Crippen LogP contribution in [0.4, 0.5) is 5.82 Å². The SMILES string of the molecule is NC(=O)c1ccc(-c2cnc3c(NCCc4ccccn4)nccn23)cc1C1CC1. The summed E-state index contributed by atoms with van der Waals surface area (Å²) < 4.78 is 2.02. The Morgan fingerprint density at radius 2 is 2.03 bits per heavy atom. The normalized spacial score (nSPS) is 13.5. The number of carbonyl (C=O) groups excluding carboxylic acids is 1. The summed E-state index contributed by atoms with van der Waals surface area (Å²) in [7, 11) is 0. The maximum atomic E-state index is 11.8. The topological polar surface area (TPSA) is 98.2 Å². The molecule has 0 unspecified atom stereocenters. The molecule has 150 valence electrons. The van der Waals surface area contributed by atoms with Crippen LogP contribution in [0, 0.1) is 0 Å². The summed E-state index contributed by atoms with van der Waals surface area (Å²) in [5, 5.41) is 3.37. The number of pyridine rings is 1. The lowest BCUT2D eigenvalue weighted by atomic mass is 9.98. The van der Waals surface area contributed by atoms with E-state index in [2.05, 4.69) is 26.3 Å². The van der Waals surface area contributed by atoms with E-state index in [1.54, 1.807) is 12.4 Å². The van der Waals surface area contributed by atoms with Gasteiger partial charge >= 0.3 is 0 Å². The van der Waals surface area contributed by atoms with Gasteiger partial charge in [0.1, 0.15) is 0 Å². The molecule has 1 aromatic carbocycles. The van der Waals surface area contributed by atoms with Crippen LogP contribution in [0.2, 0.25) is 0 Å². The van der Waals surface area contributed by atoms with Gasteiger partial charge in [0, 0.05) is 48.4 Å². The van der Waals surface area contributed by atoms with Gasteiger partial charge < -0.3 is 11.1 Å². The molecular formula is C23H22N6O. The smallest absolute Gasteiger partial charge is 0.248 e. The number of nitrogens with zero attached hydrogens (tertiary/aromatic N) is 4. The zero-order chi connectivity index (χ0) is 20.5. The lowest BCUT2D eigenvalue weighted by molar-refractivity contribution is 0.0999. The minimum Gasteiger partial charge on any atom is -0.367 e. The van der Waals surface area contributed by atoms with Crippen LogP contribution in [0.5, 0.6) is 0 Å². The van der Waals surface area contributed by atoms with E-state index < -0.39 is 0 Å². The second kappa shape index (κ2) is 7.59. The molecular weight excluding hydrogens is 376 g/mol. The molecule has 3 heterocycles. The van der Waals surface area contributed by atoms with Crippen LogP contribution in [0.1, 0.15) is 40.4 Å². The van der Waals surface area contributed by atoms with Gasteiger partial charge in [-0.15, -0.1) is 0 Å². The number of primary amides is 1. The van der Waals surface area contributed by atoms with Crippen molar-refractivity contribution in [3.63, 3.8) is 0 Å². The number of hydrogen-bond donors (Lipinski definition) is 2. The van der Waals surface area contributed by atoms with Gasteiger partial charge in [0.2, 0.25) is 5.91 Å². The van der Waals surface area contributed by atoms with E-state index in [-0.39, 0.29) is 5.91 Å². The van der Waals surface area contributed by atoms with Crippen molar-refractivity contribution in [2.24, 2.45) is 5.73 Å². The van der Waals surface area contributed by atoms with Crippen molar-refractivity contribution in [1.82, 2.24) is 19.4 Å². The van der Waals surface area contributed by atoms with Crippen molar-refractivity contribution in [3.8, 4) is 11.3 Å². The van der Waals surface area contributed by atoms with E-state index in [1.165, 1.54) is 0 Å². The van der Waals surface area contributed by atoms with E-state index in [0.717, 1.165) is 53.2 Å². The summed E-state index contributed by atoms with van der Waals surface area (Å²) in [6.07, 6.45) is 10.3. The fourth-order valence-electron chi connectivity index (χ4n) is 3.79. The van der Waals surface area contributed by atoms with Crippen molar-refractivity contribution >= 4 is 17.4 Å². The summed E-state index contributed by atoms with van der Waals surface area (Å²) in [5.41, 5.74) is 11.0. The number of imidazole rings is 1. The van der Waals surface area contributed by atoms with E-state index in [9.17, 15) is 4.79 Å². The third-order valence-corrected chi connectivity index (χ3v) is 5.46. The van der Waals surface area contributed by atoms with Gasteiger partial charge in [-0.2, -0.15) is 0 Å². The summed E-state index contributed by atoms with van der Waals surface area (Å²) in [6.45, 7) is 0.713. The number of rotatable bonds is 7. The van der Waals surface area contributed by atoms with Gasteiger partial charge in [0.05, 0.1) is 11.9 Å². The molecule has 1 saturated carbocycles. The number of amides is 1. The average molecular weight is 398 g/mol. The lowest BCUT2D eigenvalue weighted by Crippen LogP contribution is -2.13. The molecule has 0 aliphatic heterocycles. The molecule has 1 fully saturated rings. The van der Waals surface area contributed by atoms with Gasteiger partial charge in [0.15, 0.2) is 11.5 Å². The Morgan fingerprint density at radius 1 is 1.13 bits per heavy atom. The van der Waals surface area contributed by atoms with Crippen molar-refractivity contribution in [3.05, 3.63) is 78.0 Å². The molecule has 7 nitrogen and oxygen atoms in total. The first-order chi connectivity index (χ1) is 14.7. The zero-order valence-electron chi connectivity index (χ0n) is 16.5. The van der Waals surface area contributed by atoms with E-state index in [1.807, 2.05) is 47.1 Å². The van der Waals surface area contributed by atoms with Gasteiger partial charge in [0.25, 0.3) is 0 Å². The Kier molecular flexibility index (Phi) is 4.63. The van der Waals surface area contributed by atoms with Crippen LogP contribution in [-0.2, 0) is 6.42 Å².